The Bertz CT molecular complexity index is 1180. The maximum absolute atomic E-state index is 13.4. The highest BCUT2D eigenvalue weighted by Gasteiger charge is 2.24. The molecule has 1 aliphatic heterocycles. The second-order valence-corrected chi connectivity index (χ2v) is 8.33. The molecule has 0 saturated carbocycles. The van der Waals surface area contributed by atoms with Crippen molar-refractivity contribution in [3.05, 3.63) is 63.7 Å². The molecule has 0 radical (unpaired) electrons. The molecular weight excluding hydrogens is 445 g/mol. The van der Waals surface area contributed by atoms with Crippen molar-refractivity contribution in [2.45, 2.75) is 19.4 Å². The van der Waals surface area contributed by atoms with Crippen molar-refractivity contribution in [2.75, 3.05) is 19.0 Å². The minimum Gasteiger partial charge on any atom is -0.481 e. The number of carbonyl (C=O) groups excluding carboxylic acids is 1. The highest BCUT2D eigenvalue weighted by atomic mass is 35.5. The van der Waals surface area contributed by atoms with Crippen LogP contribution in [0.1, 0.15) is 13.3 Å². The number of hydrogen-bond donors (Lipinski definition) is 0. The number of benzene rings is 2. The van der Waals surface area contributed by atoms with E-state index in [4.69, 9.17) is 24.9 Å². The van der Waals surface area contributed by atoms with Crippen LogP contribution >= 0.6 is 23.6 Å². The molecule has 2 aromatic carbocycles. The van der Waals surface area contributed by atoms with E-state index in [-0.39, 0.29) is 23.2 Å². The van der Waals surface area contributed by atoms with E-state index in [1.807, 2.05) is 0 Å². The molecule has 3 aromatic rings. The Morgan fingerprint density at radius 3 is 2.87 bits per heavy atom. The zero-order valence-corrected chi connectivity index (χ0v) is 18.2. The summed E-state index contributed by atoms with van der Waals surface area (Å²) >= 11 is 7.54. The molecule has 1 amide bonds. The van der Waals surface area contributed by atoms with E-state index in [2.05, 4.69) is 0 Å². The van der Waals surface area contributed by atoms with Crippen molar-refractivity contribution in [1.29, 1.82) is 0 Å². The van der Waals surface area contributed by atoms with Crippen molar-refractivity contribution in [2.24, 2.45) is 0 Å². The summed E-state index contributed by atoms with van der Waals surface area (Å²) in [5.41, 5.74) is 0.723. The maximum atomic E-state index is 13.4. The molecule has 0 bridgehead atoms. The number of nitrogens with zero attached hydrogens (tertiary/aromatic N) is 1. The van der Waals surface area contributed by atoms with Crippen molar-refractivity contribution in [1.82, 2.24) is 4.90 Å². The fraction of sp³-hybridized carbons (Fsp3) is 0.273. The number of amides is 1. The number of hydrogen-bond acceptors (Lipinski definition) is 6. The Kier molecular flexibility index (Phi) is 6.50. The molecule has 6 nitrogen and oxygen atoms in total. The molecule has 2 heterocycles. The van der Waals surface area contributed by atoms with Gasteiger partial charge in [-0.05, 0) is 55.7 Å². The van der Waals surface area contributed by atoms with Crippen molar-refractivity contribution >= 4 is 40.5 Å². The molecule has 9 heteroatoms. The zero-order valence-electron chi connectivity index (χ0n) is 16.6. The van der Waals surface area contributed by atoms with Crippen molar-refractivity contribution in [3.63, 3.8) is 0 Å². The van der Waals surface area contributed by atoms with Gasteiger partial charge in [-0.2, -0.15) is 0 Å². The molecule has 1 aromatic heterocycles. The fourth-order valence-corrected chi connectivity index (χ4v) is 4.21. The van der Waals surface area contributed by atoms with Crippen molar-refractivity contribution in [3.8, 4) is 16.9 Å². The molecule has 31 heavy (non-hydrogen) atoms. The highest BCUT2D eigenvalue weighted by molar-refractivity contribution is 7.94. The molecule has 4 rings (SSSR count). The third-order valence-electron chi connectivity index (χ3n) is 4.86. The van der Waals surface area contributed by atoms with Crippen LogP contribution in [0.5, 0.6) is 5.75 Å². The predicted octanol–water partition coefficient (Wildman–Crippen LogP) is 4.87. The van der Waals surface area contributed by atoms with E-state index in [0.717, 1.165) is 12.2 Å². The van der Waals surface area contributed by atoms with Gasteiger partial charge in [0.2, 0.25) is 0 Å². The predicted molar refractivity (Wildman–Crippen MR) is 118 cm³/mol. The monoisotopic (exact) mass is 463 g/mol. The summed E-state index contributed by atoms with van der Waals surface area (Å²) in [4.78, 5) is 26.4. The number of carbonyl (C=O) groups is 1. The Morgan fingerprint density at radius 1 is 1.23 bits per heavy atom. The van der Waals surface area contributed by atoms with Crippen molar-refractivity contribution < 1.29 is 22.5 Å². The van der Waals surface area contributed by atoms with E-state index in [9.17, 15) is 14.0 Å². The van der Waals surface area contributed by atoms with E-state index in [1.165, 1.54) is 36.3 Å². The van der Waals surface area contributed by atoms with Gasteiger partial charge in [0, 0.05) is 40.9 Å². The number of rotatable bonds is 4. The summed E-state index contributed by atoms with van der Waals surface area (Å²) in [6.45, 7) is 2.48. The second-order valence-electron chi connectivity index (χ2n) is 7.05. The molecule has 162 valence electrons. The van der Waals surface area contributed by atoms with E-state index < -0.39 is 17.5 Å². The van der Waals surface area contributed by atoms with Crippen LogP contribution in [0.3, 0.4) is 0 Å². The average Bonchev–Trinajstić information content (AvgIpc) is 3.02. The van der Waals surface area contributed by atoms with Crippen LogP contribution in [0.25, 0.3) is 22.1 Å². The molecule has 1 saturated heterocycles. The van der Waals surface area contributed by atoms with Gasteiger partial charge in [0.1, 0.15) is 23.9 Å². The summed E-state index contributed by atoms with van der Waals surface area (Å²) in [5.74, 6) is 0.562. The van der Waals surface area contributed by atoms with Gasteiger partial charge in [0.15, 0.2) is 6.10 Å². The molecule has 1 unspecified atom stereocenters. The van der Waals surface area contributed by atoms with Gasteiger partial charge < -0.3 is 14.1 Å². The lowest BCUT2D eigenvalue weighted by Gasteiger charge is -2.23. The minimum atomic E-state index is -0.745. The van der Waals surface area contributed by atoms with Crippen LogP contribution in [0.15, 0.2) is 51.7 Å². The van der Waals surface area contributed by atoms with Gasteiger partial charge in [-0.15, -0.1) is 0 Å². The first kappa shape index (κ1) is 21.7. The maximum Gasteiger partial charge on any atom is 0.336 e. The largest absolute Gasteiger partial charge is 0.481 e. The SMILES string of the molecule is CC(Oc1ccc2c(-c3ccc(F)cc3Cl)cc(=O)oc2c1)C(=O)N1CCCSOC1. The summed E-state index contributed by atoms with van der Waals surface area (Å²) in [6, 6.07) is 10.2. The first-order chi connectivity index (χ1) is 14.9. The molecule has 0 spiro atoms. The van der Waals surface area contributed by atoms with Crippen LogP contribution < -0.4 is 10.4 Å². The van der Waals surface area contributed by atoms with Crippen LogP contribution in [0.4, 0.5) is 4.39 Å². The molecule has 0 N–H and O–H groups in total. The van der Waals surface area contributed by atoms with Crippen LogP contribution in [0.2, 0.25) is 5.02 Å². The lowest BCUT2D eigenvalue weighted by Crippen LogP contribution is -2.41. The van der Waals surface area contributed by atoms with E-state index in [0.29, 0.717) is 28.8 Å². The highest BCUT2D eigenvalue weighted by Crippen LogP contribution is 2.34. The smallest absolute Gasteiger partial charge is 0.336 e. The first-order valence-electron chi connectivity index (χ1n) is 9.65. The summed E-state index contributed by atoms with van der Waals surface area (Å²) < 4.78 is 29.9. The van der Waals surface area contributed by atoms with E-state index in [1.54, 1.807) is 30.0 Å². The van der Waals surface area contributed by atoms with Crippen LogP contribution in [0, 0.1) is 5.82 Å². The number of halogens is 2. The molecule has 1 fully saturated rings. The molecule has 1 aliphatic rings. The van der Waals surface area contributed by atoms with E-state index >= 15 is 0 Å². The molecular formula is C22H19ClFNO5S. The minimum absolute atomic E-state index is 0.184. The summed E-state index contributed by atoms with van der Waals surface area (Å²) in [6.07, 6.45) is 0.101. The third-order valence-corrected chi connectivity index (χ3v) is 5.90. The topological polar surface area (TPSA) is 69.0 Å². The van der Waals surface area contributed by atoms with Gasteiger partial charge >= 0.3 is 5.63 Å². The summed E-state index contributed by atoms with van der Waals surface area (Å²) in [5, 5.41) is 0.793. The standard InChI is InChI=1S/C22H19ClFNO5S/c1-13(22(27)25-7-2-8-31-28-12-25)29-15-4-6-17-18(11-21(26)30-20(17)10-15)16-5-3-14(24)9-19(16)23/h3-6,9-11,13H,2,7-8,12H2,1H3. The second kappa shape index (κ2) is 9.30. The van der Waals surface area contributed by atoms with Gasteiger partial charge in [-0.1, -0.05) is 11.6 Å². The van der Waals surface area contributed by atoms with Gasteiger partial charge in [-0.3, -0.25) is 8.98 Å². The summed E-state index contributed by atoms with van der Waals surface area (Å²) in [7, 11) is 0. The number of ether oxygens (including phenoxy) is 1. The Morgan fingerprint density at radius 2 is 2.06 bits per heavy atom. The van der Waals surface area contributed by atoms with Gasteiger partial charge in [-0.25, -0.2) is 9.18 Å². The normalized spacial score (nSPS) is 15.5. The number of fused-ring (bicyclic) bond motifs is 1. The average molecular weight is 464 g/mol. The molecule has 1 atom stereocenters. The lowest BCUT2D eigenvalue weighted by atomic mass is 10.0. The zero-order chi connectivity index (χ0) is 22.0. The fourth-order valence-electron chi connectivity index (χ4n) is 3.37. The Hall–Kier alpha value is -2.55. The van der Waals surface area contributed by atoms with Gasteiger partial charge in [0.05, 0.1) is 5.02 Å². The van der Waals surface area contributed by atoms with Gasteiger partial charge in [0.25, 0.3) is 5.91 Å². The first-order valence-corrected chi connectivity index (χ1v) is 10.9. The Labute approximate surface area is 187 Å². The van der Waals surface area contributed by atoms with Crippen LogP contribution in [-0.2, 0) is 8.98 Å². The lowest BCUT2D eigenvalue weighted by molar-refractivity contribution is -0.140. The Balaban J connectivity index is 1.62. The quantitative estimate of drug-likeness (QED) is 0.406. The van der Waals surface area contributed by atoms with Crippen LogP contribution in [-0.4, -0.2) is 35.9 Å². The molecule has 0 aliphatic carbocycles. The third kappa shape index (κ3) is 4.87.